The number of ether oxygens (including phenoxy) is 1. The fourth-order valence-electron chi connectivity index (χ4n) is 6.65. The van der Waals surface area contributed by atoms with Gasteiger partial charge in [0.25, 0.3) is 0 Å². The van der Waals surface area contributed by atoms with Crippen LogP contribution in [0.4, 0.5) is 0 Å². The highest BCUT2D eigenvalue weighted by molar-refractivity contribution is 5.99. The molecule has 7 nitrogen and oxygen atoms in total. The van der Waals surface area contributed by atoms with Crippen molar-refractivity contribution in [1.29, 1.82) is 0 Å². The Balaban J connectivity index is 2.03. The number of hydrogen-bond donors (Lipinski definition) is 3. The van der Waals surface area contributed by atoms with Gasteiger partial charge in [-0.25, -0.2) is 0 Å². The van der Waals surface area contributed by atoms with Gasteiger partial charge in [0.15, 0.2) is 11.6 Å². The van der Waals surface area contributed by atoms with E-state index in [1.54, 1.807) is 27.7 Å². The van der Waals surface area contributed by atoms with Crippen molar-refractivity contribution in [3.63, 3.8) is 0 Å². The predicted molar refractivity (Wildman–Crippen MR) is 152 cm³/mol. The Hall–Kier alpha value is -2.09. The maximum atomic E-state index is 13.0. The Kier molecular flexibility index (Phi) is 10.4. The number of hydrogen-bond acceptors (Lipinski definition) is 7. The van der Waals surface area contributed by atoms with Crippen LogP contribution in [0.3, 0.4) is 0 Å². The third kappa shape index (κ3) is 7.77. The molecule has 0 radical (unpaired) electrons. The van der Waals surface area contributed by atoms with Crippen molar-refractivity contribution >= 4 is 17.5 Å². The number of Topliss-reactive ketones (excluding diaryl/α,β-unsaturated/α-hetero) is 1. The molecule has 2 rings (SSSR count). The molecule has 0 saturated heterocycles. The van der Waals surface area contributed by atoms with E-state index < -0.39 is 40.2 Å². The SMILES string of the molecule is CC(=O)O[C@@]1(C)CC[C@H](O)C(C)(C)[C@@H]1CCC(C)=CC[C@@H](O)/C=C(\C)C(=O)C[C@H]1C(C)(C)C(=O)C=C[C@]1(C)O. The minimum atomic E-state index is -1.28. The van der Waals surface area contributed by atoms with E-state index in [0.29, 0.717) is 24.8 Å². The lowest BCUT2D eigenvalue weighted by Crippen LogP contribution is -2.55. The number of rotatable bonds is 10. The van der Waals surface area contributed by atoms with Crippen LogP contribution in [0.25, 0.3) is 0 Å². The summed E-state index contributed by atoms with van der Waals surface area (Å²) in [6, 6.07) is 0. The monoisotopic (exact) mass is 546 g/mol. The number of carbonyl (C=O) groups excluding carboxylic acids is 3. The zero-order valence-corrected chi connectivity index (χ0v) is 25.3. The van der Waals surface area contributed by atoms with Gasteiger partial charge in [0.2, 0.25) is 0 Å². The molecule has 0 heterocycles. The normalized spacial score (nSPS) is 33.5. The lowest BCUT2D eigenvalue weighted by Gasteiger charge is -2.52. The Morgan fingerprint density at radius 3 is 2.31 bits per heavy atom. The first-order chi connectivity index (χ1) is 17.7. The molecule has 0 spiro atoms. The van der Waals surface area contributed by atoms with Gasteiger partial charge in [-0.15, -0.1) is 0 Å². The van der Waals surface area contributed by atoms with E-state index >= 15 is 0 Å². The summed E-state index contributed by atoms with van der Waals surface area (Å²) in [7, 11) is 0. The van der Waals surface area contributed by atoms with Crippen LogP contribution < -0.4 is 0 Å². The number of aliphatic hydroxyl groups excluding tert-OH is 2. The number of aliphatic hydroxyl groups is 3. The van der Waals surface area contributed by atoms with Gasteiger partial charge in [0.05, 0.1) is 17.8 Å². The average molecular weight is 547 g/mol. The molecular formula is C32H50O7. The molecule has 2 aliphatic carbocycles. The van der Waals surface area contributed by atoms with Crippen molar-refractivity contribution in [1.82, 2.24) is 0 Å². The molecule has 0 aliphatic heterocycles. The van der Waals surface area contributed by atoms with Crippen molar-refractivity contribution in [2.24, 2.45) is 22.7 Å². The molecular weight excluding hydrogens is 496 g/mol. The number of ketones is 2. The van der Waals surface area contributed by atoms with E-state index in [1.807, 2.05) is 33.8 Å². The van der Waals surface area contributed by atoms with Crippen molar-refractivity contribution in [2.45, 2.75) is 124 Å². The van der Waals surface area contributed by atoms with Gasteiger partial charge in [-0.3, -0.25) is 14.4 Å². The molecule has 0 bridgehead atoms. The molecule has 39 heavy (non-hydrogen) atoms. The number of esters is 1. The van der Waals surface area contributed by atoms with Gasteiger partial charge >= 0.3 is 5.97 Å². The van der Waals surface area contributed by atoms with Gasteiger partial charge in [-0.1, -0.05) is 39.3 Å². The van der Waals surface area contributed by atoms with E-state index in [1.165, 1.54) is 25.2 Å². The Morgan fingerprint density at radius 1 is 1.10 bits per heavy atom. The fourth-order valence-corrected chi connectivity index (χ4v) is 6.65. The molecule has 7 heteroatoms. The third-order valence-electron chi connectivity index (χ3n) is 9.38. The number of carbonyl (C=O) groups is 3. The zero-order valence-electron chi connectivity index (χ0n) is 25.3. The summed E-state index contributed by atoms with van der Waals surface area (Å²) in [5.41, 5.74) is -1.75. The van der Waals surface area contributed by atoms with E-state index in [4.69, 9.17) is 4.74 Å². The quantitative estimate of drug-likeness (QED) is 0.200. The van der Waals surface area contributed by atoms with Gasteiger partial charge in [0.1, 0.15) is 5.60 Å². The molecule has 3 N–H and O–H groups in total. The summed E-state index contributed by atoms with van der Waals surface area (Å²) in [5, 5.41) is 32.1. The number of allylic oxidation sites excluding steroid dienone is 3. The van der Waals surface area contributed by atoms with Gasteiger partial charge in [-0.2, -0.15) is 0 Å². The topological polar surface area (TPSA) is 121 Å². The second kappa shape index (κ2) is 12.2. The molecule has 0 aromatic heterocycles. The summed E-state index contributed by atoms with van der Waals surface area (Å²) < 4.78 is 5.77. The molecule has 0 aromatic rings. The fraction of sp³-hybridized carbons (Fsp3) is 0.719. The van der Waals surface area contributed by atoms with Crippen LogP contribution in [-0.2, 0) is 19.1 Å². The van der Waals surface area contributed by atoms with Crippen molar-refractivity contribution in [2.75, 3.05) is 0 Å². The molecule has 220 valence electrons. The largest absolute Gasteiger partial charge is 0.459 e. The lowest BCUT2D eigenvalue weighted by molar-refractivity contribution is -0.188. The van der Waals surface area contributed by atoms with Crippen LogP contribution >= 0.6 is 0 Å². The average Bonchev–Trinajstić information content (AvgIpc) is 2.80. The van der Waals surface area contributed by atoms with E-state index in [9.17, 15) is 29.7 Å². The highest BCUT2D eigenvalue weighted by Crippen LogP contribution is 2.50. The standard InChI is InChI=1S/C32H50O7/c1-20(11-13-25-29(4,5)28(37)15-17-32(25,9)39-22(3)33)10-12-23(34)18-21(2)24(35)19-26-30(6,7)27(36)14-16-31(26,8)38/h10,14,16,18,23,25-26,28,34,37-38H,11-13,15,17,19H2,1-9H3/b20-10?,21-18+/t23-,25+,26+,28+,31+,32+/m1/s1. The predicted octanol–water partition coefficient (Wildman–Crippen LogP) is 5.02. The van der Waals surface area contributed by atoms with Gasteiger partial charge in [-0.05, 0) is 89.0 Å². The first-order valence-electron chi connectivity index (χ1n) is 14.1. The minimum absolute atomic E-state index is 0.00409. The molecule has 1 fully saturated rings. The maximum absolute atomic E-state index is 13.0. The second-order valence-corrected chi connectivity index (χ2v) is 13.4. The smallest absolute Gasteiger partial charge is 0.303 e. The molecule has 0 unspecified atom stereocenters. The maximum Gasteiger partial charge on any atom is 0.303 e. The van der Waals surface area contributed by atoms with Gasteiger partial charge < -0.3 is 20.1 Å². The van der Waals surface area contributed by atoms with Crippen molar-refractivity contribution in [3.8, 4) is 0 Å². The second-order valence-electron chi connectivity index (χ2n) is 13.4. The molecule has 6 atom stereocenters. The van der Waals surface area contributed by atoms with E-state index in [-0.39, 0.29) is 29.9 Å². The summed E-state index contributed by atoms with van der Waals surface area (Å²) >= 11 is 0. The zero-order chi connectivity index (χ0) is 30.0. The van der Waals surface area contributed by atoms with Crippen LogP contribution in [-0.4, -0.2) is 56.3 Å². The van der Waals surface area contributed by atoms with Crippen LogP contribution in [0.1, 0.15) is 101 Å². The lowest BCUT2D eigenvalue weighted by atomic mass is 9.58. The van der Waals surface area contributed by atoms with Crippen LogP contribution in [0.5, 0.6) is 0 Å². The highest BCUT2D eigenvalue weighted by atomic mass is 16.6. The third-order valence-corrected chi connectivity index (χ3v) is 9.38. The summed E-state index contributed by atoms with van der Waals surface area (Å²) in [5.74, 6) is -1.25. The summed E-state index contributed by atoms with van der Waals surface area (Å²) in [6.45, 7) is 16.2. The summed E-state index contributed by atoms with van der Waals surface area (Å²) in [4.78, 5) is 37.2. The highest BCUT2D eigenvalue weighted by Gasteiger charge is 2.52. The Morgan fingerprint density at radius 2 is 1.72 bits per heavy atom. The summed E-state index contributed by atoms with van der Waals surface area (Å²) in [6.07, 6.45) is 7.99. The van der Waals surface area contributed by atoms with Crippen molar-refractivity contribution in [3.05, 3.63) is 35.5 Å². The van der Waals surface area contributed by atoms with E-state index in [2.05, 4.69) is 0 Å². The Bertz CT molecular complexity index is 1030. The Labute approximate surface area is 234 Å². The van der Waals surface area contributed by atoms with E-state index in [0.717, 1.165) is 18.4 Å². The molecule has 2 aliphatic rings. The molecule has 0 amide bonds. The molecule has 0 aromatic carbocycles. The van der Waals surface area contributed by atoms with Crippen molar-refractivity contribution < 1.29 is 34.4 Å². The molecule has 1 saturated carbocycles. The van der Waals surface area contributed by atoms with Crippen LogP contribution in [0, 0.1) is 22.7 Å². The first kappa shape index (κ1) is 33.1. The van der Waals surface area contributed by atoms with Crippen LogP contribution in [0.2, 0.25) is 0 Å². The minimum Gasteiger partial charge on any atom is -0.459 e. The van der Waals surface area contributed by atoms with Crippen LogP contribution in [0.15, 0.2) is 35.5 Å². The first-order valence-corrected chi connectivity index (χ1v) is 14.1. The van der Waals surface area contributed by atoms with Gasteiger partial charge in [0, 0.05) is 30.6 Å².